The third-order valence-corrected chi connectivity index (χ3v) is 4.09. The summed E-state index contributed by atoms with van der Waals surface area (Å²) in [5.74, 6) is -1.57. The van der Waals surface area contributed by atoms with E-state index in [0.717, 1.165) is 4.88 Å². The molecule has 1 aromatic heterocycles. The molecule has 2 rings (SSSR count). The minimum atomic E-state index is -0.896. The molecule has 1 N–H and O–H groups in total. The number of carboxylic acids is 1. The number of hydrogen-bond acceptors (Lipinski definition) is 2. The number of benzene rings is 1. The fourth-order valence-corrected chi connectivity index (χ4v) is 2.92. The SMILES string of the molecule is O=C(O)C(Cc1cccs1)c1cc(Cl)ccc1Cl. The normalized spacial score (nSPS) is 12.3. The Labute approximate surface area is 119 Å². The molecule has 5 heteroatoms. The lowest BCUT2D eigenvalue weighted by Gasteiger charge is -2.13. The van der Waals surface area contributed by atoms with Crippen LogP contribution < -0.4 is 0 Å². The van der Waals surface area contributed by atoms with Crippen molar-refractivity contribution in [3.05, 3.63) is 56.2 Å². The zero-order valence-corrected chi connectivity index (χ0v) is 11.6. The molecule has 1 heterocycles. The third kappa shape index (κ3) is 3.05. The first-order valence-corrected chi connectivity index (χ1v) is 6.91. The maximum absolute atomic E-state index is 11.4. The zero-order chi connectivity index (χ0) is 13.1. The first kappa shape index (κ1) is 13.4. The maximum atomic E-state index is 11.4. The fourth-order valence-electron chi connectivity index (χ4n) is 1.74. The van der Waals surface area contributed by atoms with E-state index in [1.54, 1.807) is 18.2 Å². The summed E-state index contributed by atoms with van der Waals surface area (Å²) < 4.78 is 0. The van der Waals surface area contributed by atoms with Crippen LogP contribution in [0, 0.1) is 0 Å². The van der Waals surface area contributed by atoms with Crippen molar-refractivity contribution < 1.29 is 9.90 Å². The van der Waals surface area contributed by atoms with Gasteiger partial charge in [-0.15, -0.1) is 11.3 Å². The predicted octanol–water partition coefficient (Wildman–Crippen LogP) is 4.47. The van der Waals surface area contributed by atoms with Crippen molar-refractivity contribution in [3.8, 4) is 0 Å². The van der Waals surface area contributed by atoms with E-state index >= 15 is 0 Å². The number of thiophene rings is 1. The largest absolute Gasteiger partial charge is 0.481 e. The van der Waals surface area contributed by atoms with E-state index < -0.39 is 11.9 Å². The van der Waals surface area contributed by atoms with Crippen molar-refractivity contribution in [2.45, 2.75) is 12.3 Å². The lowest BCUT2D eigenvalue weighted by Crippen LogP contribution is -2.14. The Kier molecular flexibility index (Phi) is 4.27. The predicted molar refractivity (Wildman–Crippen MR) is 74.9 cm³/mol. The molecule has 2 aromatic rings. The minimum absolute atomic E-state index is 0.424. The number of halogens is 2. The Balaban J connectivity index is 2.35. The molecule has 0 fully saturated rings. The van der Waals surface area contributed by atoms with E-state index in [4.69, 9.17) is 23.2 Å². The van der Waals surface area contributed by atoms with Gasteiger partial charge >= 0.3 is 5.97 Å². The second-order valence-corrected chi connectivity index (χ2v) is 5.72. The molecule has 0 aliphatic heterocycles. The van der Waals surface area contributed by atoms with Crippen LogP contribution in [0.1, 0.15) is 16.4 Å². The van der Waals surface area contributed by atoms with Crippen LogP contribution in [0.4, 0.5) is 0 Å². The molecule has 1 atom stereocenters. The number of hydrogen-bond donors (Lipinski definition) is 1. The van der Waals surface area contributed by atoms with Gasteiger partial charge < -0.3 is 5.11 Å². The summed E-state index contributed by atoms with van der Waals surface area (Å²) in [7, 11) is 0. The lowest BCUT2D eigenvalue weighted by atomic mass is 9.95. The number of aliphatic carboxylic acids is 1. The van der Waals surface area contributed by atoms with Crippen LogP contribution in [0.2, 0.25) is 10.0 Å². The Hall–Kier alpha value is -1.03. The van der Waals surface area contributed by atoms with Crippen LogP contribution in [-0.4, -0.2) is 11.1 Å². The average Bonchev–Trinajstić information content (AvgIpc) is 2.82. The second kappa shape index (κ2) is 5.74. The Morgan fingerprint density at radius 3 is 2.72 bits per heavy atom. The Morgan fingerprint density at radius 2 is 2.11 bits per heavy atom. The van der Waals surface area contributed by atoms with Gasteiger partial charge in [0.2, 0.25) is 0 Å². The summed E-state index contributed by atoms with van der Waals surface area (Å²) in [6.45, 7) is 0. The molecule has 1 unspecified atom stereocenters. The van der Waals surface area contributed by atoms with Gasteiger partial charge in [-0.05, 0) is 41.6 Å². The van der Waals surface area contributed by atoms with E-state index in [1.165, 1.54) is 11.3 Å². The van der Waals surface area contributed by atoms with Crippen LogP contribution in [-0.2, 0) is 11.2 Å². The van der Waals surface area contributed by atoms with Gasteiger partial charge in [0.25, 0.3) is 0 Å². The van der Waals surface area contributed by atoms with E-state index in [1.807, 2.05) is 17.5 Å². The summed E-state index contributed by atoms with van der Waals surface area (Å²) >= 11 is 13.5. The quantitative estimate of drug-likeness (QED) is 0.905. The zero-order valence-electron chi connectivity index (χ0n) is 9.27. The van der Waals surface area contributed by atoms with Crippen molar-refractivity contribution in [3.63, 3.8) is 0 Å². The summed E-state index contributed by atoms with van der Waals surface area (Å²) in [4.78, 5) is 12.4. The van der Waals surface area contributed by atoms with Gasteiger partial charge in [0.05, 0.1) is 5.92 Å². The molecule has 18 heavy (non-hydrogen) atoms. The molecule has 0 spiro atoms. The molecule has 0 aliphatic rings. The van der Waals surface area contributed by atoms with Crippen molar-refractivity contribution in [1.82, 2.24) is 0 Å². The highest BCUT2D eigenvalue weighted by Crippen LogP contribution is 2.31. The smallest absolute Gasteiger partial charge is 0.311 e. The van der Waals surface area contributed by atoms with Crippen LogP contribution in [0.15, 0.2) is 35.7 Å². The summed E-state index contributed by atoms with van der Waals surface area (Å²) in [5, 5.41) is 12.2. The topological polar surface area (TPSA) is 37.3 Å². The van der Waals surface area contributed by atoms with Crippen LogP contribution >= 0.6 is 34.5 Å². The molecular weight excluding hydrogens is 291 g/mol. The summed E-state index contributed by atoms with van der Waals surface area (Å²) in [6, 6.07) is 8.72. The van der Waals surface area contributed by atoms with E-state index in [2.05, 4.69) is 0 Å². The second-order valence-electron chi connectivity index (χ2n) is 3.84. The van der Waals surface area contributed by atoms with Gasteiger partial charge in [-0.25, -0.2) is 0 Å². The van der Waals surface area contributed by atoms with E-state index in [0.29, 0.717) is 22.0 Å². The lowest BCUT2D eigenvalue weighted by molar-refractivity contribution is -0.138. The highest BCUT2D eigenvalue weighted by molar-refractivity contribution is 7.09. The van der Waals surface area contributed by atoms with E-state index in [9.17, 15) is 9.90 Å². The monoisotopic (exact) mass is 300 g/mol. The van der Waals surface area contributed by atoms with Gasteiger partial charge in [0, 0.05) is 14.9 Å². The number of carboxylic acid groups (broad SMARTS) is 1. The first-order chi connectivity index (χ1) is 8.58. The molecule has 0 saturated carbocycles. The van der Waals surface area contributed by atoms with E-state index in [-0.39, 0.29) is 0 Å². The van der Waals surface area contributed by atoms with Crippen LogP contribution in [0.25, 0.3) is 0 Å². The number of rotatable bonds is 4. The van der Waals surface area contributed by atoms with Crippen molar-refractivity contribution in [1.29, 1.82) is 0 Å². The van der Waals surface area contributed by atoms with Gasteiger partial charge in [-0.2, -0.15) is 0 Å². The fraction of sp³-hybridized carbons (Fsp3) is 0.154. The molecule has 2 nitrogen and oxygen atoms in total. The van der Waals surface area contributed by atoms with Gasteiger partial charge in [-0.1, -0.05) is 29.3 Å². The molecule has 0 saturated heterocycles. The molecule has 0 amide bonds. The Bertz CT molecular complexity index is 552. The van der Waals surface area contributed by atoms with Gasteiger partial charge in [0.15, 0.2) is 0 Å². The molecule has 0 aliphatic carbocycles. The standard InChI is InChI=1S/C13H10Cl2O2S/c14-8-3-4-12(15)10(6-8)11(13(16)17)7-9-2-1-5-18-9/h1-6,11H,7H2,(H,16,17). The number of carbonyl (C=O) groups is 1. The third-order valence-electron chi connectivity index (χ3n) is 2.62. The molecule has 94 valence electrons. The summed E-state index contributed by atoms with van der Waals surface area (Å²) in [5.41, 5.74) is 0.560. The van der Waals surface area contributed by atoms with Crippen LogP contribution in [0.3, 0.4) is 0 Å². The Morgan fingerprint density at radius 1 is 1.33 bits per heavy atom. The van der Waals surface area contributed by atoms with Crippen molar-refractivity contribution >= 4 is 40.5 Å². The molecule has 0 bridgehead atoms. The summed E-state index contributed by atoms with van der Waals surface area (Å²) in [6.07, 6.45) is 0.424. The average molecular weight is 301 g/mol. The van der Waals surface area contributed by atoms with Gasteiger partial charge in [-0.3, -0.25) is 4.79 Å². The highest BCUT2D eigenvalue weighted by Gasteiger charge is 2.23. The van der Waals surface area contributed by atoms with Crippen LogP contribution in [0.5, 0.6) is 0 Å². The van der Waals surface area contributed by atoms with Gasteiger partial charge in [0.1, 0.15) is 0 Å². The van der Waals surface area contributed by atoms with Crippen molar-refractivity contribution in [2.24, 2.45) is 0 Å². The molecular formula is C13H10Cl2O2S. The highest BCUT2D eigenvalue weighted by atomic mass is 35.5. The first-order valence-electron chi connectivity index (χ1n) is 5.28. The van der Waals surface area contributed by atoms with Crippen molar-refractivity contribution in [2.75, 3.05) is 0 Å². The molecule has 1 aromatic carbocycles. The maximum Gasteiger partial charge on any atom is 0.311 e. The minimum Gasteiger partial charge on any atom is -0.481 e. The molecule has 0 radical (unpaired) electrons.